The Morgan fingerprint density at radius 3 is 2.55 bits per heavy atom. The summed E-state index contributed by atoms with van der Waals surface area (Å²) in [5.41, 5.74) is 3.94. The van der Waals surface area contributed by atoms with E-state index in [1.54, 1.807) is 0 Å². The lowest BCUT2D eigenvalue weighted by atomic mass is 9.98. The van der Waals surface area contributed by atoms with Crippen molar-refractivity contribution < 1.29 is 18.0 Å². The van der Waals surface area contributed by atoms with E-state index in [2.05, 4.69) is 22.3 Å². The predicted molar refractivity (Wildman–Crippen MR) is 115 cm³/mol. The Kier molecular flexibility index (Phi) is 6.44. The van der Waals surface area contributed by atoms with E-state index in [1.165, 1.54) is 0 Å². The van der Waals surface area contributed by atoms with Gasteiger partial charge >= 0.3 is 12.1 Å². The molecule has 0 bridgehead atoms. The lowest BCUT2D eigenvalue weighted by molar-refractivity contribution is -0.185. The lowest BCUT2D eigenvalue weighted by Crippen LogP contribution is -2.42. The normalized spacial score (nSPS) is 19.1. The third-order valence-electron chi connectivity index (χ3n) is 6.10. The minimum Gasteiger partial charge on any atom is -0.361 e. The first-order valence-electron chi connectivity index (χ1n) is 10.5. The van der Waals surface area contributed by atoms with Crippen LogP contribution in [0.2, 0.25) is 5.02 Å². The van der Waals surface area contributed by atoms with Crippen LogP contribution in [0.5, 0.6) is 0 Å². The van der Waals surface area contributed by atoms with E-state index >= 15 is 0 Å². The van der Waals surface area contributed by atoms with Crippen LogP contribution >= 0.6 is 11.6 Å². The summed E-state index contributed by atoms with van der Waals surface area (Å²) in [5, 5.41) is 3.99. The van der Waals surface area contributed by atoms with Gasteiger partial charge in [0.15, 0.2) is 0 Å². The van der Waals surface area contributed by atoms with Gasteiger partial charge in [0.1, 0.15) is 0 Å². The van der Waals surface area contributed by atoms with E-state index in [0.717, 1.165) is 46.8 Å². The summed E-state index contributed by atoms with van der Waals surface area (Å²) in [6.45, 7) is 2.48. The Bertz CT molecular complexity index is 930. The van der Waals surface area contributed by atoms with Crippen molar-refractivity contribution in [3.05, 3.63) is 64.2 Å². The van der Waals surface area contributed by atoms with Crippen LogP contribution < -0.4 is 10.2 Å². The fourth-order valence-electron chi connectivity index (χ4n) is 4.55. The predicted octanol–water partition coefficient (Wildman–Crippen LogP) is 4.20. The molecular formula is C23H25ClF3N3O. The number of nitrogens with zero attached hydrogens (tertiary/aromatic N) is 2. The SMILES string of the molecule is O=C(N1CCc2ccc(Cl)c(N(Cc3ccccc3)C3CCNC3)c2CC1)C(F)(F)F. The third-order valence-corrected chi connectivity index (χ3v) is 6.41. The van der Waals surface area contributed by atoms with E-state index in [4.69, 9.17) is 11.6 Å². The molecule has 0 spiro atoms. The van der Waals surface area contributed by atoms with Gasteiger partial charge in [0.05, 0.1) is 10.7 Å². The standard InChI is InChI=1S/C23H25ClF3N3O/c24-20-7-6-17-9-12-29(22(31)23(25,26)27)13-10-19(17)21(20)30(18-8-11-28-14-18)15-16-4-2-1-3-5-16/h1-7,18,28H,8-15H2. The van der Waals surface area contributed by atoms with Crippen LogP contribution in [0.1, 0.15) is 23.1 Å². The second kappa shape index (κ2) is 9.09. The van der Waals surface area contributed by atoms with E-state index in [9.17, 15) is 18.0 Å². The molecule has 1 N–H and O–H groups in total. The van der Waals surface area contributed by atoms with E-state index in [1.807, 2.05) is 30.3 Å². The summed E-state index contributed by atoms with van der Waals surface area (Å²) in [5.74, 6) is -1.77. The molecule has 166 valence electrons. The number of alkyl halides is 3. The highest BCUT2D eigenvalue weighted by Gasteiger charge is 2.42. The number of hydrogen-bond donors (Lipinski definition) is 1. The van der Waals surface area contributed by atoms with E-state index < -0.39 is 12.1 Å². The molecule has 1 saturated heterocycles. The third kappa shape index (κ3) is 4.83. The molecule has 2 aliphatic rings. The number of carbonyl (C=O) groups excluding carboxylic acids is 1. The monoisotopic (exact) mass is 451 g/mol. The fraction of sp³-hybridized carbons (Fsp3) is 0.435. The molecule has 2 aliphatic heterocycles. The second-order valence-electron chi connectivity index (χ2n) is 8.08. The molecule has 4 rings (SSSR count). The van der Waals surface area contributed by atoms with E-state index in [-0.39, 0.29) is 19.1 Å². The highest BCUT2D eigenvalue weighted by atomic mass is 35.5. The van der Waals surface area contributed by atoms with Crippen LogP contribution in [0, 0.1) is 0 Å². The van der Waals surface area contributed by atoms with Crippen molar-refractivity contribution in [2.24, 2.45) is 0 Å². The smallest absolute Gasteiger partial charge is 0.361 e. The van der Waals surface area contributed by atoms with Gasteiger partial charge in [-0.25, -0.2) is 0 Å². The zero-order valence-electron chi connectivity index (χ0n) is 17.1. The molecule has 0 aliphatic carbocycles. The maximum absolute atomic E-state index is 13.0. The Morgan fingerprint density at radius 2 is 1.87 bits per heavy atom. The Labute approximate surface area is 185 Å². The first-order valence-corrected chi connectivity index (χ1v) is 10.9. The maximum atomic E-state index is 13.0. The zero-order chi connectivity index (χ0) is 22.0. The molecule has 0 radical (unpaired) electrons. The number of amides is 1. The van der Waals surface area contributed by atoms with Gasteiger partial charge in [-0.2, -0.15) is 13.2 Å². The molecule has 1 atom stereocenters. The number of halogens is 4. The molecular weight excluding hydrogens is 427 g/mol. The Balaban J connectivity index is 1.69. The molecule has 0 aromatic heterocycles. The van der Waals surface area contributed by atoms with Gasteiger partial charge in [0, 0.05) is 32.2 Å². The minimum absolute atomic E-state index is 0.0286. The molecule has 1 fully saturated rings. The van der Waals surface area contributed by atoms with Gasteiger partial charge in [0.2, 0.25) is 0 Å². The first-order chi connectivity index (χ1) is 14.8. The summed E-state index contributed by atoms with van der Waals surface area (Å²) < 4.78 is 39.0. The first kappa shape index (κ1) is 22.0. The number of fused-ring (bicyclic) bond motifs is 1. The molecule has 31 heavy (non-hydrogen) atoms. The number of carbonyl (C=O) groups is 1. The summed E-state index contributed by atoms with van der Waals surface area (Å²) in [6, 6.07) is 14.0. The largest absolute Gasteiger partial charge is 0.471 e. The minimum atomic E-state index is -4.86. The fourth-order valence-corrected chi connectivity index (χ4v) is 4.83. The quantitative estimate of drug-likeness (QED) is 0.756. The second-order valence-corrected chi connectivity index (χ2v) is 8.49. The summed E-state index contributed by atoms with van der Waals surface area (Å²) >= 11 is 6.70. The average molecular weight is 452 g/mol. The molecule has 1 unspecified atom stereocenters. The van der Waals surface area contributed by atoms with Gasteiger partial charge in [-0.1, -0.05) is 48.0 Å². The van der Waals surface area contributed by atoms with Crippen molar-refractivity contribution in [3.8, 4) is 0 Å². The molecule has 8 heteroatoms. The highest BCUT2D eigenvalue weighted by molar-refractivity contribution is 6.33. The number of nitrogens with one attached hydrogen (secondary N) is 1. The maximum Gasteiger partial charge on any atom is 0.471 e. The Hall–Kier alpha value is -2.25. The van der Waals surface area contributed by atoms with Gasteiger partial charge in [-0.3, -0.25) is 4.79 Å². The molecule has 1 amide bonds. The van der Waals surface area contributed by atoms with Crippen molar-refractivity contribution in [2.75, 3.05) is 31.1 Å². The summed E-state index contributed by atoms with van der Waals surface area (Å²) in [6.07, 6.45) is -3.17. The van der Waals surface area contributed by atoms with Gasteiger partial charge in [-0.15, -0.1) is 0 Å². The van der Waals surface area contributed by atoms with Crippen LogP contribution in [-0.2, 0) is 24.2 Å². The van der Waals surface area contributed by atoms with Crippen molar-refractivity contribution in [1.82, 2.24) is 10.2 Å². The summed E-state index contributed by atoms with van der Waals surface area (Å²) in [4.78, 5) is 15.0. The summed E-state index contributed by atoms with van der Waals surface area (Å²) in [7, 11) is 0. The molecule has 2 aromatic carbocycles. The number of anilines is 1. The molecule has 4 nitrogen and oxygen atoms in total. The van der Waals surface area contributed by atoms with E-state index in [0.29, 0.717) is 24.4 Å². The number of hydrogen-bond acceptors (Lipinski definition) is 3. The van der Waals surface area contributed by atoms with Crippen molar-refractivity contribution in [2.45, 2.75) is 38.0 Å². The van der Waals surface area contributed by atoms with Crippen LogP contribution in [0.4, 0.5) is 18.9 Å². The Morgan fingerprint density at radius 1 is 1.13 bits per heavy atom. The van der Waals surface area contributed by atoms with Gasteiger partial charge in [0.25, 0.3) is 0 Å². The van der Waals surface area contributed by atoms with Crippen LogP contribution in [-0.4, -0.2) is 49.2 Å². The van der Waals surface area contributed by atoms with Gasteiger partial charge < -0.3 is 15.1 Å². The average Bonchev–Trinajstić information content (AvgIpc) is 3.19. The zero-order valence-corrected chi connectivity index (χ0v) is 17.8. The highest BCUT2D eigenvalue weighted by Crippen LogP contribution is 2.37. The van der Waals surface area contributed by atoms with Crippen LogP contribution in [0.25, 0.3) is 0 Å². The lowest BCUT2D eigenvalue weighted by Gasteiger charge is -2.34. The molecule has 0 saturated carbocycles. The number of rotatable bonds is 4. The molecule has 2 heterocycles. The van der Waals surface area contributed by atoms with Crippen molar-refractivity contribution in [1.29, 1.82) is 0 Å². The van der Waals surface area contributed by atoms with Crippen molar-refractivity contribution >= 4 is 23.2 Å². The topological polar surface area (TPSA) is 35.6 Å². The van der Waals surface area contributed by atoms with Crippen molar-refractivity contribution in [3.63, 3.8) is 0 Å². The van der Waals surface area contributed by atoms with Gasteiger partial charge in [-0.05, 0) is 48.6 Å². The van der Waals surface area contributed by atoms with Crippen LogP contribution in [0.15, 0.2) is 42.5 Å². The number of benzene rings is 2. The van der Waals surface area contributed by atoms with Crippen LogP contribution in [0.3, 0.4) is 0 Å². The molecule has 2 aromatic rings.